The van der Waals surface area contributed by atoms with E-state index in [1.165, 1.54) is 0 Å². The highest BCUT2D eigenvalue weighted by Crippen LogP contribution is 2.04. The number of amides is 1. The molecule has 0 saturated carbocycles. The van der Waals surface area contributed by atoms with E-state index in [1.807, 2.05) is 0 Å². The van der Waals surface area contributed by atoms with Crippen molar-refractivity contribution >= 4 is 6.09 Å². The Labute approximate surface area is 74.5 Å². The van der Waals surface area contributed by atoms with Gasteiger partial charge in [-0.2, -0.15) is 0 Å². The first-order chi connectivity index (χ1) is 5.70. The maximum absolute atomic E-state index is 10.8. The van der Waals surface area contributed by atoms with Crippen LogP contribution in [0.15, 0.2) is 0 Å². The van der Waals surface area contributed by atoms with Gasteiger partial charge in [0.15, 0.2) is 0 Å². The summed E-state index contributed by atoms with van der Waals surface area (Å²) in [5.74, 6) is 0.673. The second-order valence-electron chi connectivity index (χ2n) is 2.95. The molecule has 3 heteroatoms. The van der Waals surface area contributed by atoms with Crippen LogP contribution in [-0.2, 0) is 4.74 Å². The lowest BCUT2D eigenvalue weighted by atomic mass is 10.1. The molecule has 0 heterocycles. The van der Waals surface area contributed by atoms with Crippen molar-refractivity contribution in [2.75, 3.05) is 13.2 Å². The molecule has 1 atom stereocenters. The minimum Gasteiger partial charge on any atom is -0.450 e. The molecule has 0 aliphatic rings. The van der Waals surface area contributed by atoms with E-state index < -0.39 is 0 Å². The van der Waals surface area contributed by atoms with Crippen molar-refractivity contribution in [3.05, 3.63) is 0 Å². The minimum absolute atomic E-state index is 0.305. The van der Waals surface area contributed by atoms with E-state index in [0.29, 0.717) is 19.1 Å². The van der Waals surface area contributed by atoms with Gasteiger partial charge in [-0.15, -0.1) is 0 Å². The average Bonchev–Trinajstić information content (AvgIpc) is 2.04. The molecule has 0 aliphatic heterocycles. The van der Waals surface area contributed by atoms with Gasteiger partial charge in [-0.3, -0.25) is 0 Å². The lowest BCUT2D eigenvalue weighted by Crippen LogP contribution is -2.26. The van der Waals surface area contributed by atoms with E-state index in [0.717, 1.165) is 12.8 Å². The fourth-order valence-corrected chi connectivity index (χ4v) is 0.807. The Bertz CT molecular complexity index is 126. The van der Waals surface area contributed by atoms with Crippen LogP contribution in [0.4, 0.5) is 4.79 Å². The zero-order valence-electron chi connectivity index (χ0n) is 8.22. The van der Waals surface area contributed by atoms with E-state index in [2.05, 4.69) is 19.2 Å². The third-order valence-electron chi connectivity index (χ3n) is 1.88. The zero-order valence-corrected chi connectivity index (χ0v) is 8.22. The number of hydrogen-bond acceptors (Lipinski definition) is 2. The second kappa shape index (κ2) is 6.95. The zero-order chi connectivity index (χ0) is 9.40. The highest BCUT2D eigenvalue weighted by molar-refractivity contribution is 5.66. The molecule has 12 heavy (non-hydrogen) atoms. The van der Waals surface area contributed by atoms with Gasteiger partial charge in [-0.25, -0.2) is 4.79 Å². The summed E-state index contributed by atoms with van der Waals surface area (Å²) >= 11 is 0. The summed E-state index contributed by atoms with van der Waals surface area (Å²) in [7, 11) is 0. The Morgan fingerprint density at radius 3 is 2.67 bits per heavy atom. The predicted octanol–water partition coefficient (Wildman–Crippen LogP) is 2.17. The van der Waals surface area contributed by atoms with Gasteiger partial charge in [-0.1, -0.05) is 20.3 Å². The van der Waals surface area contributed by atoms with Crippen molar-refractivity contribution < 1.29 is 9.53 Å². The molecule has 0 unspecified atom stereocenters. The highest BCUT2D eigenvalue weighted by atomic mass is 16.5. The van der Waals surface area contributed by atoms with E-state index >= 15 is 0 Å². The number of carbonyl (C=O) groups is 1. The van der Waals surface area contributed by atoms with Crippen LogP contribution in [-0.4, -0.2) is 19.2 Å². The van der Waals surface area contributed by atoms with Gasteiger partial charge in [0.05, 0.1) is 6.61 Å². The van der Waals surface area contributed by atoms with Crippen molar-refractivity contribution in [1.29, 1.82) is 0 Å². The smallest absolute Gasteiger partial charge is 0.407 e. The van der Waals surface area contributed by atoms with Crippen molar-refractivity contribution in [2.45, 2.75) is 33.6 Å². The standard InChI is InChI=1S/C9H19NO2/c1-4-8(3)6-7-10-9(11)12-5-2/h8H,4-7H2,1-3H3,(H,10,11)/t8-/m1/s1. The molecular weight excluding hydrogens is 154 g/mol. The minimum atomic E-state index is -0.305. The van der Waals surface area contributed by atoms with Crippen LogP contribution in [0.25, 0.3) is 0 Å². The molecule has 0 radical (unpaired) electrons. The van der Waals surface area contributed by atoms with Gasteiger partial charge in [0.2, 0.25) is 0 Å². The molecule has 1 N–H and O–H groups in total. The van der Waals surface area contributed by atoms with Gasteiger partial charge >= 0.3 is 6.09 Å². The van der Waals surface area contributed by atoms with E-state index in [9.17, 15) is 4.79 Å². The molecule has 0 bridgehead atoms. The SMILES string of the molecule is CCOC(=O)NCC[C@H](C)CC. The van der Waals surface area contributed by atoms with Crippen molar-refractivity contribution in [2.24, 2.45) is 5.92 Å². The molecule has 0 aliphatic carbocycles. The quantitative estimate of drug-likeness (QED) is 0.692. The summed E-state index contributed by atoms with van der Waals surface area (Å²) in [6.45, 7) is 7.28. The normalized spacial score (nSPS) is 12.2. The number of ether oxygens (including phenoxy) is 1. The van der Waals surface area contributed by atoms with Crippen LogP contribution in [0, 0.1) is 5.92 Å². The topological polar surface area (TPSA) is 38.3 Å². The molecule has 0 aromatic carbocycles. The molecule has 0 rings (SSSR count). The lowest BCUT2D eigenvalue weighted by Gasteiger charge is -2.08. The van der Waals surface area contributed by atoms with Gasteiger partial charge in [0, 0.05) is 6.54 Å². The molecule has 0 aromatic rings. The number of rotatable bonds is 5. The summed E-state index contributed by atoms with van der Waals surface area (Å²) in [6.07, 6.45) is 1.88. The first kappa shape index (κ1) is 11.3. The Morgan fingerprint density at radius 1 is 1.50 bits per heavy atom. The van der Waals surface area contributed by atoms with E-state index in [1.54, 1.807) is 6.92 Å². The van der Waals surface area contributed by atoms with E-state index in [4.69, 9.17) is 4.74 Å². The lowest BCUT2D eigenvalue weighted by molar-refractivity contribution is 0.151. The first-order valence-corrected chi connectivity index (χ1v) is 4.61. The fraction of sp³-hybridized carbons (Fsp3) is 0.889. The van der Waals surface area contributed by atoms with Gasteiger partial charge in [0.25, 0.3) is 0 Å². The third-order valence-corrected chi connectivity index (χ3v) is 1.88. The van der Waals surface area contributed by atoms with Crippen LogP contribution in [0.5, 0.6) is 0 Å². The molecule has 72 valence electrons. The second-order valence-corrected chi connectivity index (χ2v) is 2.95. The van der Waals surface area contributed by atoms with Crippen LogP contribution in [0.2, 0.25) is 0 Å². The third kappa shape index (κ3) is 6.01. The summed E-state index contributed by atoms with van der Waals surface area (Å²) in [5.41, 5.74) is 0. The van der Waals surface area contributed by atoms with Crippen molar-refractivity contribution in [1.82, 2.24) is 5.32 Å². The van der Waals surface area contributed by atoms with Crippen molar-refractivity contribution in [3.8, 4) is 0 Å². The molecule has 0 spiro atoms. The summed E-state index contributed by atoms with van der Waals surface area (Å²) in [5, 5.41) is 2.69. The molecule has 1 amide bonds. The summed E-state index contributed by atoms with van der Waals surface area (Å²) < 4.78 is 4.71. The van der Waals surface area contributed by atoms with Crippen LogP contribution < -0.4 is 5.32 Å². The van der Waals surface area contributed by atoms with Crippen LogP contribution >= 0.6 is 0 Å². The maximum Gasteiger partial charge on any atom is 0.407 e. The number of hydrogen-bond donors (Lipinski definition) is 1. The summed E-state index contributed by atoms with van der Waals surface area (Å²) in [4.78, 5) is 10.8. The summed E-state index contributed by atoms with van der Waals surface area (Å²) in [6, 6.07) is 0. The molecule has 0 saturated heterocycles. The Balaban J connectivity index is 3.24. The molecule has 0 fully saturated rings. The molecule has 0 aromatic heterocycles. The highest BCUT2D eigenvalue weighted by Gasteiger charge is 2.01. The number of nitrogens with one attached hydrogen (secondary N) is 1. The first-order valence-electron chi connectivity index (χ1n) is 4.61. The van der Waals surface area contributed by atoms with E-state index in [-0.39, 0.29) is 6.09 Å². The Morgan fingerprint density at radius 2 is 2.17 bits per heavy atom. The fourth-order valence-electron chi connectivity index (χ4n) is 0.807. The van der Waals surface area contributed by atoms with Crippen LogP contribution in [0.1, 0.15) is 33.6 Å². The van der Waals surface area contributed by atoms with Crippen molar-refractivity contribution in [3.63, 3.8) is 0 Å². The Kier molecular flexibility index (Phi) is 6.53. The number of carbonyl (C=O) groups excluding carboxylic acids is 1. The maximum atomic E-state index is 10.8. The van der Waals surface area contributed by atoms with Gasteiger partial charge in [-0.05, 0) is 19.3 Å². The van der Waals surface area contributed by atoms with Gasteiger partial charge < -0.3 is 10.1 Å². The van der Waals surface area contributed by atoms with Crippen LogP contribution in [0.3, 0.4) is 0 Å². The predicted molar refractivity (Wildman–Crippen MR) is 49.1 cm³/mol. The number of alkyl carbamates (subject to hydrolysis) is 1. The Hall–Kier alpha value is -0.730. The largest absolute Gasteiger partial charge is 0.450 e. The monoisotopic (exact) mass is 173 g/mol. The van der Waals surface area contributed by atoms with Gasteiger partial charge in [0.1, 0.15) is 0 Å². The average molecular weight is 173 g/mol. The molecular formula is C9H19NO2. The molecule has 3 nitrogen and oxygen atoms in total.